The summed E-state index contributed by atoms with van der Waals surface area (Å²) in [6, 6.07) is 7.99. The molecule has 0 bridgehead atoms. The number of thiocarbonyl (C=S) groups is 1. The Labute approximate surface area is 110 Å². The number of hydrogen-bond acceptors (Lipinski definition) is 4. The summed E-state index contributed by atoms with van der Waals surface area (Å²) in [6.45, 7) is 0.890. The third kappa shape index (κ3) is 3.51. The normalized spacial score (nSPS) is 10.1. The summed E-state index contributed by atoms with van der Waals surface area (Å²) in [7, 11) is 0. The maximum Gasteiger partial charge on any atom is 0.122 e. The van der Waals surface area contributed by atoms with Gasteiger partial charge in [-0.3, -0.25) is 4.98 Å². The molecule has 2 aromatic heterocycles. The van der Waals surface area contributed by atoms with Gasteiger partial charge in [0.25, 0.3) is 0 Å². The molecular weight excluding hydrogens is 250 g/mol. The van der Waals surface area contributed by atoms with Crippen LogP contribution in [0, 0.1) is 0 Å². The number of nitrogens with zero attached hydrogens (tertiary/aromatic N) is 1. The van der Waals surface area contributed by atoms with E-state index in [1.54, 1.807) is 17.5 Å². The van der Waals surface area contributed by atoms with Crippen molar-refractivity contribution in [3.63, 3.8) is 0 Å². The standard InChI is InChI=1S/C12H13N3S2/c13-12(16)11-8-9(3-5-15-11)14-6-4-10-2-1-7-17-10/h1-3,5,7-8H,4,6H2,(H2,13,16)(H,14,15). The number of nitrogens with one attached hydrogen (secondary N) is 1. The first-order valence-electron chi connectivity index (χ1n) is 5.28. The molecule has 0 fully saturated rings. The van der Waals surface area contributed by atoms with Crippen molar-refractivity contribution in [1.82, 2.24) is 4.98 Å². The van der Waals surface area contributed by atoms with E-state index in [9.17, 15) is 0 Å². The van der Waals surface area contributed by atoms with E-state index in [4.69, 9.17) is 18.0 Å². The summed E-state index contributed by atoms with van der Waals surface area (Å²) in [6.07, 6.45) is 2.73. The fourth-order valence-electron chi connectivity index (χ4n) is 1.46. The van der Waals surface area contributed by atoms with E-state index in [2.05, 4.69) is 27.8 Å². The van der Waals surface area contributed by atoms with Crippen LogP contribution in [0.1, 0.15) is 10.6 Å². The number of thiophene rings is 1. The zero-order chi connectivity index (χ0) is 12.1. The molecule has 0 radical (unpaired) electrons. The lowest BCUT2D eigenvalue weighted by atomic mass is 10.3. The molecule has 0 unspecified atom stereocenters. The van der Waals surface area contributed by atoms with E-state index < -0.39 is 0 Å². The van der Waals surface area contributed by atoms with Gasteiger partial charge in [0.2, 0.25) is 0 Å². The zero-order valence-corrected chi connectivity index (χ0v) is 10.9. The molecule has 5 heteroatoms. The van der Waals surface area contributed by atoms with Crippen LogP contribution in [0.2, 0.25) is 0 Å². The monoisotopic (exact) mass is 263 g/mol. The first-order chi connectivity index (χ1) is 8.25. The topological polar surface area (TPSA) is 50.9 Å². The predicted octanol–water partition coefficient (Wildman–Crippen LogP) is 2.43. The molecule has 0 saturated heterocycles. The molecule has 0 aliphatic carbocycles. The van der Waals surface area contributed by atoms with Gasteiger partial charge in [0, 0.05) is 23.3 Å². The fourth-order valence-corrected chi connectivity index (χ4v) is 2.28. The summed E-state index contributed by atoms with van der Waals surface area (Å²) < 4.78 is 0. The first kappa shape index (κ1) is 12.0. The van der Waals surface area contributed by atoms with Crippen molar-refractivity contribution in [3.05, 3.63) is 46.4 Å². The van der Waals surface area contributed by atoms with Crippen LogP contribution in [0.3, 0.4) is 0 Å². The largest absolute Gasteiger partial charge is 0.388 e. The van der Waals surface area contributed by atoms with Crippen LogP contribution in [-0.2, 0) is 6.42 Å². The summed E-state index contributed by atoms with van der Waals surface area (Å²) in [5.74, 6) is 0. The average Bonchev–Trinajstić information content (AvgIpc) is 2.82. The Balaban J connectivity index is 1.90. The molecule has 17 heavy (non-hydrogen) atoms. The highest BCUT2D eigenvalue weighted by Gasteiger charge is 1.99. The molecule has 0 aromatic carbocycles. The van der Waals surface area contributed by atoms with Gasteiger partial charge in [-0.25, -0.2) is 0 Å². The molecule has 88 valence electrons. The minimum Gasteiger partial charge on any atom is -0.388 e. The van der Waals surface area contributed by atoms with Crippen molar-refractivity contribution in [1.29, 1.82) is 0 Å². The summed E-state index contributed by atoms with van der Waals surface area (Å²) >= 11 is 6.66. The van der Waals surface area contributed by atoms with Crippen molar-refractivity contribution < 1.29 is 0 Å². The van der Waals surface area contributed by atoms with Crippen LogP contribution in [0.5, 0.6) is 0 Å². The van der Waals surface area contributed by atoms with Crippen LogP contribution in [0.4, 0.5) is 5.69 Å². The second-order valence-corrected chi connectivity index (χ2v) is 5.02. The van der Waals surface area contributed by atoms with E-state index >= 15 is 0 Å². The Hall–Kier alpha value is -1.46. The highest BCUT2D eigenvalue weighted by molar-refractivity contribution is 7.80. The maximum atomic E-state index is 5.53. The van der Waals surface area contributed by atoms with Gasteiger partial charge in [-0.05, 0) is 30.0 Å². The molecule has 0 aliphatic heterocycles. The summed E-state index contributed by atoms with van der Waals surface area (Å²) in [4.78, 5) is 5.79. The lowest BCUT2D eigenvalue weighted by Gasteiger charge is -2.06. The van der Waals surface area contributed by atoms with Crippen LogP contribution in [0.15, 0.2) is 35.8 Å². The first-order valence-corrected chi connectivity index (χ1v) is 6.56. The van der Waals surface area contributed by atoms with Gasteiger partial charge in [-0.1, -0.05) is 18.3 Å². The van der Waals surface area contributed by atoms with Gasteiger partial charge >= 0.3 is 0 Å². The number of nitrogens with two attached hydrogens (primary N) is 1. The Kier molecular flexibility index (Phi) is 4.06. The third-order valence-corrected chi connectivity index (χ3v) is 3.44. The molecular formula is C12H13N3S2. The van der Waals surface area contributed by atoms with Gasteiger partial charge in [0.1, 0.15) is 4.99 Å². The highest BCUT2D eigenvalue weighted by atomic mass is 32.1. The molecule has 0 aliphatic rings. The van der Waals surface area contributed by atoms with Crippen molar-refractivity contribution in [3.8, 4) is 0 Å². The predicted molar refractivity (Wildman–Crippen MR) is 76.6 cm³/mol. The third-order valence-electron chi connectivity index (χ3n) is 2.29. The SMILES string of the molecule is NC(=S)c1cc(NCCc2cccs2)ccn1. The highest BCUT2D eigenvalue weighted by Crippen LogP contribution is 2.11. The summed E-state index contributed by atoms with van der Waals surface area (Å²) in [5, 5.41) is 5.42. The Morgan fingerprint density at radius 2 is 2.35 bits per heavy atom. The van der Waals surface area contributed by atoms with Crippen molar-refractivity contribution >= 4 is 34.2 Å². The molecule has 2 rings (SSSR count). The number of rotatable bonds is 5. The minimum absolute atomic E-state index is 0.326. The molecule has 0 amide bonds. The molecule has 3 nitrogen and oxygen atoms in total. The van der Waals surface area contributed by atoms with Gasteiger partial charge in [-0.2, -0.15) is 0 Å². The zero-order valence-electron chi connectivity index (χ0n) is 9.22. The lowest BCUT2D eigenvalue weighted by molar-refractivity contribution is 1.04. The molecule has 0 atom stereocenters. The van der Waals surface area contributed by atoms with Crippen LogP contribution in [0.25, 0.3) is 0 Å². The summed E-state index contributed by atoms with van der Waals surface area (Å²) in [5.41, 5.74) is 7.18. The van der Waals surface area contributed by atoms with Crippen LogP contribution < -0.4 is 11.1 Å². The second-order valence-electron chi connectivity index (χ2n) is 3.55. The van der Waals surface area contributed by atoms with Gasteiger partial charge in [0.15, 0.2) is 0 Å². The van der Waals surface area contributed by atoms with Gasteiger partial charge in [0.05, 0.1) is 5.69 Å². The quantitative estimate of drug-likeness (QED) is 0.814. The van der Waals surface area contributed by atoms with Gasteiger partial charge < -0.3 is 11.1 Å². The van der Waals surface area contributed by atoms with E-state index in [1.807, 2.05) is 12.1 Å². The van der Waals surface area contributed by atoms with Crippen LogP contribution in [-0.4, -0.2) is 16.5 Å². The molecule has 2 heterocycles. The maximum absolute atomic E-state index is 5.53. The molecule has 0 spiro atoms. The Bertz CT molecular complexity index is 494. The fraction of sp³-hybridized carbons (Fsp3) is 0.167. The van der Waals surface area contributed by atoms with E-state index in [0.717, 1.165) is 18.7 Å². The van der Waals surface area contributed by atoms with Crippen molar-refractivity contribution in [2.45, 2.75) is 6.42 Å². The Morgan fingerprint density at radius 3 is 3.06 bits per heavy atom. The number of anilines is 1. The molecule has 2 aromatic rings. The number of hydrogen-bond donors (Lipinski definition) is 2. The lowest BCUT2D eigenvalue weighted by Crippen LogP contribution is -2.12. The average molecular weight is 263 g/mol. The minimum atomic E-state index is 0.326. The van der Waals surface area contributed by atoms with Crippen molar-refractivity contribution in [2.24, 2.45) is 5.73 Å². The smallest absolute Gasteiger partial charge is 0.122 e. The Morgan fingerprint density at radius 1 is 1.47 bits per heavy atom. The van der Waals surface area contributed by atoms with E-state index in [-0.39, 0.29) is 0 Å². The van der Waals surface area contributed by atoms with Gasteiger partial charge in [-0.15, -0.1) is 11.3 Å². The van der Waals surface area contributed by atoms with Crippen molar-refractivity contribution in [2.75, 3.05) is 11.9 Å². The molecule has 0 saturated carbocycles. The number of aromatic nitrogens is 1. The van der Waals surface area contributed by atoms with E-state index in [1.165, 1.54) is 4.88 Å². The van der Waals surface area contributed by atoms with Crippen LogP contribution >= 0.6 is 23.6 Å². The molecule has 3 N–H and O–H groups in total. The second kappa shape index (κ2) is 5.75. The number of pyridine rings is 1. The van der Waals surface area contributed by atoms with E-state index in [0.29, 0.717) is 10.7 Å².